The van der Waals surface area contributed by atoms with Crippen LogP contribution in [-0.2, 0) is 0 Å². The predicted molar refractivity (Wildman–Crippen MR) is 147 cm³/mol. The lowest BCUT2D eigenvalue weighted by Crippen LogP contribution is -2.00. The summed E-state index contributed by atoms with van der Waals surface area (Å²) < 4.78 is 6.47. The summed E-state index contributed by atoms with van der Waals surface area (Å²) in [7, 11) is 0. The van der Waals surface area contributed by atoms with Gasteiger partial charge in [-0.2, -0.15) is 0 Å². The molecule has 0 saturated carbocycles. The summed E-state index contributed by atoms with van der Waals surface area (Å²) in [6, 6.07) is 19.4. The number of aryl methyl sites for hydroxylation is 1. The van der Waals surface area contributed by atoms with Gasteiger partial charge in [-0.15, -0.1) is 0 Å². The topological polar surface area (TPSA) is 38.9 Å². The highest BCUT2D eigenvalue weighted by molar-refractivity contribution is 6.08. The highest BCUT2D eigenvalue weighted by Gasteiger charge is 2.19. The predicted octanol–water partition coefficient (Wildman–Crippen LogP) is 9.39. The van der Waals surface area contributed by atoms with Crippen LogP contribution in [0.5, 0.6) is 0 Å². The van der Waals surface area contributed by atoms with E-state index in [1.807, 2.05) is 6.20 Å². The number of para-hydroxylation sites is 1. The van der Waals surface area contributed by atoms with E-state index in [0.717, 1.165) is 33.3 Å². The minimum atomic E-state index is 0.409. The molecule has 0 fully saturated rings. The van der Waals surface area contributed by atoms with E-state index in [1.54, 1.807) is 0 Å². The quantitative estimate of drug-likeness (QED) is 0.261. The number of hydrogen-bond acceptors (Lipinski definition) is 3. The summed E-state index contributed by atoms with van der Waals surface area (Å²) in [5.41, 5.74) is 10.9. The summed E-state index contributed by atoms with van der Waals surface area (Å²) in [6.45, 7) is 15.5. The van der Waals surface area contributed by atoms with Gasteiger partial charge in [0.2, 0.25) is 5.71 Å². The number of nitrogens with zero attached hydrogens (tertiary/aromatic N) is 2. The first-order valence-electron chi connectivity index (χ1n) is 12.7. The summed E-state index contributed by atoms with van der Waals surface area (Å²) >= 11 is 0. The van der Waals surface area contributed by atoms with Crippen molar-refractivity contribution >= 4 is 22.1 Å². The fourth-order valence-electron chi connectivity index (χ4n) is 5.19. The van der Waals surface area contributed by atoms with Gasteiger partial charge in [0.05, 0.1) is 11.4 Å². The van der Waals surface area contributed by atoms with Gasteiger partial charge < -0.3 is 4.42 Å². The highest BCUT2D eigenvalue weighted by atomic mass is 16.3. The highest BCUT2D eigenvalue weighted by Crippen LogP contribution is 2.39. The molecule has 3 heterocycles. The molecule has 5 rings (SSSR count). The summed E-state index contributed by atoms with van der Waals surface area (Å²) in [4.78, 5) is 9.87. The Morgan fingerprint density at radius 1 is 0.686 bits per heavy atom. The smallest absolute Gasteiger partial charge is 0.227 e. The van der Waals surface area contributed by atoms with Crippen molar-refractivity contribution in [2.75, 3.05) is 0 Å². The Morgan fingerprint density at radius 2 is 1.34 bits per heavy atom. The zero-order valence-corrected chi connectivity index (χ0v) is 21.8. The largest absolute Gasteiger partial charge is 0.437 e. The molecule has 3 nitrogen and oxygen atoms in total. The summed E-state index contributed by atoms with van der Waals surface area (Å²) in [5.74, 6) is 1.27. The zero-order chi connectivity index (χ0) is 24.9. The fourth-order valence-corrected chi connectivity index (χ4v) is 5.19. The van der Waals surface area contributed by atoms with Crippen LogP contribution in [0.3, 0.4) is 0 Å². The second-order valence-corrected chi connectivity index (χ2v) is 10.5. The maximum atomic E-state index is 6.47. The molecule has 3 aromatic heterocycles. The Bertz CT molecular complexity index is 1510. The van der Waals surface area contributed by atoms with Crippen molar-refractivity contribution in [3.8, 4) is 22.5 Å². The second kappa shape index (κ2) is 8.96. The molecule has 0 bridgehead atoms. The lowest BCUT2D eigenvalue weighted by atomic mass is 9.87. The standard InChI is InChI=1S/C32H34N2O/c1-18(2)22-10-8-11-23(19(3)4)30(22)28-15-14-25-24-12-9-13-26(31(24)35-32(25)34-28)29-16-21(7)27(17-33-29)20(5)6/h8-20H,1-7H3. The Balaban J connectivity index is 1.71. The van der Waals surface area contributed by atoms with Gasteiger partial charge in [-0.25, -0.2) is 4.98 Å². The number of hydrogen-bond donors (Lipinski definition) is 0. The molecule has 3 heteroatoms. The Labute approximate surface area is 208 Å². The van der Waals surface area contributed by atoms with Gasteiger partial charge >= 0.3 is 0 Å². The number of rotatable bonds is 5. The monoisotopic (exact) mass is 462 g/mol. The van der Waals surface area contributed by atoms with Crippen LogP contribution in [0, 0.1) is 6.92 Å². The van der Waals surface area contributed by atoms with E-state index < -0.39 is 0 Å². The zero-order valence-electron chi connectivity index (χ0n) is 21.8. The van der Waals surface area contributed by atoms with Crippen molar-refractivity contribution in [1.29, 1.82) is 0 Å². The lowest BCUT2D eigenvalue weighted by molar-refractivity contribution is 0.655. The first kappa shape index (κ1) is 23.3. The van der Waals surface area contributed by atoms with E-state index in [1.165, 1.54) is 27.8 Å². The number of fused-ring (bicyclic) bond motifs is 3. The van der Waals surface area contributed by atoms with Gasteiger partial charge in [0.1, 0.15) is 5.58 Å². The minimum Gasteiger partial charge on any atom is -0.437 e. The van der Waals surface area contributed by atoms with Gasteiger partial charge in [0.15, 0.2) is 0 Å². The molecule has 0 amide bonds. The SMILES string of the molecule is Cc1cc(-c2cccc3c2oc2nc(-c4c(C(C)C)cccc4C(C)C)ccc23)ncc1C(C)C. The minimum absolute atomic E-state index is 0.409. The third-order valence-corrected chi connectivity index (χ3v) is 7.04. The first-order chi connectivity index (χ1) is 16.8. The number of furan rings is 1. The molecule has 0 radical (unpaired) electrons. The number of pyridine rings is 2. The number of benzene rings is 2. The van der Waals surface area contributed by atoms with Gasteiger partial charge in [-0.05, 0) is 71.2 Å². The fraction of sp³-hybridized carbons (Fsp3) is 0.312. The van der Waals surface area contributed by atoms with E-state index in [0.29, 0.717) is 23.5 Å². The average molecular weight is 463 g/mol. The van der Waals surface area contributed by atoms with Crippen LogP contribution in [0.15, 0.2) is 65.2 Å². The third-order valence-electron chi connectivity index (χ3n) is 7.04. The molecule has 0 aliphatic heterocycles. The van der Waals surface area contributed by atoms with Gasteiger partial charge in [0, 0.05) is 28.1 Å². The van der Waals surface area contributed by atoms with Gasteiger partial charge in [-0.3, -0.25) is 4.98 Å². The molecular weight excluding hydrogens is 428 g/mol. The molecule has 35 heavy (non-hydrogen) atoms. The molecular formula is C32H34N2O. The van der Waals surface area contributed by atoms with Crippen LogP contribution in [0.4, 0.5) is 0 Å². The normalized spacial score (nSPS) is 12.1. The van der Waals surface area contributed by atoms with E-state index in [4.69, 9.17) is 14.4 Å². The molecule has 0 spiro atoms. The Hall–Kier alpha value is -3.46. The van der Waals surface area contributed by atoms with Crippen LogP contribution in [0.1, 0.15) is 81.5 Å². The Kier molecular flexibility index (Phi) is 5.96. The lowest BCUT2D eigenvalue weighted by Gasteiger charge is -2.19. The van der Waals surface area contributed by atoms with E-state index in [9.17, 15) is 0 Å². The molecule has 0 unspecified atom stereocenters. The summed E-state index contributed by atoms with van der Waals surface area (Å²) in [5, 5.41) is 2.11. The van der Waals surface area contributed by atoms with Crippen molar-refractivity contribution in [3.05, 3.63) is 83.0 Å². The van der Waals surface area contributed by atoms with Gasteiger partial charge in [-0.1, -0.05) is 71.9 Å². The van der Waals surface area contributed by atoms with E-state index in [-0.39, 0.29) is 0 Å². The van der Waals surface area contributed by atoms with Crippen LogP contribution in [0.2, 0.25) is 0 Å². The van der Waals surface area contributed by atoms with E-state index >= 15 is 0 Å². The van der Waals surface area contributed by atoms with Crippen LogP contribution >= 0.6 is 0 Å². The van der Waals surface area contributed by atoms with Crippen molar-refractivity contribution in [1.82, 2.24) is 9.97 Å². The molecule has 5 aromatic rings. The molecule has 0 saturated heterocycles. The molecule has 2 aromatic carbocycles. The Morgan fingerprint density at radius 3 is 1.97 bits per heavy atom. The summed E-state index contributed by atoms with van der Waals surface area (Å²) in [6.07, 6.45) is 2.00. The van der Waals surface area contributed by atoms with Crippen LogP contribution in [0.25, 0.3) is 44.6 Å². The second-order valence-electron chi connectivity index (χ2n) is 10.5. The maximum Gasteiger partial charge on any atom is 0.227 e. The van der Waals surface area contributed by atoms with Crippen molar-refractivity contribution in [3.63, 3.8) is 0 Å². The average Bonchev–Trinajstić information content (AvgIpc) is 3.21. The maximum absolute atomic E-state index is 6.47. The number of aromatic nitrogens is 2. The molecule has 0 N–H and O–H groups in total. The third kappa shape index (κ3) is 4.03. The molecule has 178 valence electrons. The van der Waals surface area contributed by atoms with Gasteiger partial charge in [0.25, 0.3) is 0 Å². The van der Waals surface area contributed by atoms with Crippen LogP contribution < -0.4 is 0 Å². The van der Waals surface area contributed by atoms with Crippen molar-refractivity contribution < 1.29 is 4.42 Å². The first-order valence-corrected chi connectivity index (χ1v) is 12.7. The van der Waals surface area contributed by atoms with Crippen molar-refractivity contribution in [2.24, 2.45) is 0 Å². The van der Waals surface area contributed by atoms with Crippen molar-refractivity contribution in [2.45, 2.75) is 66.2 Å². The van der Waals surface area contributed by atoms with E-state index in [2.05, 4.69) is 103 Å². The van der Waals surface area contributed by atoms with Crippen LogP contribution in [-0.4, -0.2) is 9.97 Å². The molecule has 0 aliphatic rings. The molecule has 0 atom stereocenters. The molecule has 0 aliphatic carbocycles.